The van der Waals surface area contributed by atoms with E-state index in [0.717, 1.165) is 16.1 Å². The normalized spacial score (nSPS) is 10.7. The van der Waals surface area contributed by atoms with Crippen molar-refractivity contribution in [3.63, 3.8) is 0 Å². The number of carbonyl (C=O) groups is 1. The first-order valence-electron chi connectivity index (χ1n) is 7.97. The molecule has 1 amide bonds. The van der Waals surface area contributed by atoms with Crippen LogP contribution in [0.4, 0.5) is 5.13 Å². The van der Waals surface area contributed by atoms with E-state index in [2.05, 4.69) is 47.6 Å². The van der Waals surface area contributed by atoms with Gasteiger partial charge >= 0.3 is 0 Å². The Labute approximate surface area is 155 Å². The molecule has 0 radical (unpaired) electrons. The summed E-state index contributed by atoms with van der Waals surface area (Å²) >= 11 is 7.24. The second kappa shape index (κ2) is 7.76. The Morgan fingerprint density at radius 1 is 1.08 bits per heavy atom. The van der Waals surface area contributed by atoms with Gasteiger partial charge in [0.05, 0.1) is 0 Å². The van der Waals surface area contributed by atoms with Crippen LogP contribution in [-0.4, -0.2) is 16.1 Å². The quantitative estimate of drug-likeness (QED) is 0.683. The van der Waals surface area contributed by atoms with Crippen molar-refractivity contribution in [1.82, 2.24) is 10.2 Å². The maximum absolute atomic E-state index is 12.1. The van der Waals surface area contributed by atoms with Crippen LogP contribution in [0, 0.1) is 13.8 Å². The number of aryl methyl sites for hydroxylation is 3. The molecule has 0 saturated heterocycles. The number of hydrogen-bond donors (Lipinski definition) is 1. The fourth-order valence-corrected chi connectivity index (χ4v) is 3.27. The van der Waals surface area contributed by atoms with E-state index in [-0.39, 0.29) is 5.91 Å². The van der Waals surface area contributed by atoms with Gasteiger partial charge < -0.3 is 5.32 Å². The molecule has 6 heteroatoms. The molecule has 128 valence electrons. The summed E-state index contributed by atoms with van der Waals surface area (Å²) in [5.74, 6) is -0.0583. The Hall–Kier alpha value is -2.24. The van der Waals surface area contributed by atoms with Crippen LogP contribution in [0.5, 0.6) is 0 Å². The van der Waals surface area contributed by atoms with Crippen LogP contribution >= 0.6 is 22.9 Å². The third-order valence-electron chi connectivity index (χ3n) is 3.97. The third-order valence-corrected chi connectivity index (χ3v) is 5.11. The summed E-state index contributed by atoms with van der Waals surface area (Å²) in [7, 11) is 0. The van der Waals surface area contributed by atoms with Crippen molar-refractivity contribution in [2.45, 2.75) is 26.7 Å². The number of carbonyl (C=O) groups excluding carboxylic acids is 1. The highest BCUT2D eigenvalue weighted by Crippen LogP contribution is 2.27. The molecule has 4 nitrogen and oxygen atoms in total. The minimum atomic E-state index is -0.0583. The summed E-state index contributed by atoms with van der Waals surface area (Å²) in [6.45, 7) is 4.16. The van der Waals surface area contributed by atoms with E-state index >= 15 is 0 Å². The third kappa shape index (κ3) is 4.65. The zero-order chi connectivity index (χ0) is 17.8. The number of rotatable bonds is 5. The molecule has 25 heavy (non-hydrogen) atoms. The highest BCUT2D eigenvalue weighted by atomic mass is 35.5. The van der Waals surface area contributed by atoms with Crippen LogP contribution in [0.2, 0.25) is 5.02 Å². The second-order valence-electron chi connectivity index (χ2n) is 5.89. The molecule has 0 saturated carbocycles. The molecule has 0 aliphatic carbocycles. The van der Waals surface area contributed by atoms with E-state index in [1.165, 1.54) is 22.5 Å². The molecule has 0 aliphatic heterocycles. The van der Waals surface area contributed by atoms with Gasteiger partial charge in [0, 0.05) is 17.0 Å². The number of aromatic nitrogens is 2. The molecule has 0 atom stereocenters. The number of nitrogens with zero attached hydrogens (tertiary/aromatic N) is 2. The Bertz CT molecular complexity index is 890. The number of halogens is 1. The average molecular weight is 372 g/mol. The maximum Gasteiger partial charge on any atom is 0.226 e. The van der Waals surface area contributed by atoms with E-state index < -0.39 is 0 Å². The lowest BCUT2D eigenvalue weighted by Crippen LogP contribution is -2.12. The first kappa shape index (κ1) is 17.6. The van der Waals surface area contributed by atoms with Crippen LogP contribution in [0.3, 0.4) is 0 Å². The molecular formula is C19H18ClN3OS. The Kier molecular flexibility index (Phi) is 5.46. The Morgan fingerprint density at radius 2 is 1.84 bits per heavy atom. The smallest absolute Gasteiger partial charge is 0.226 e. The van der Waals surface area contributed by atoms with Gasteiger partial charge in [0.1, 0.15) is 5.01 Å². The van der Waals surface area contributed by atoms with Gasteiger partial charge in [0.25, 0.3) is 0 Å². The monoisotopic (exact) mass is 371 g/mol. The molecule has 0 aliphatic rings. The van der Waals surface area contributed by atoms with Crippen molar-refractivity contribution in [2.24, 2.45) is 0 Å². The standard InChI is InChI=1S/C19H18ClN3OS/c1-12-3-4-14(11-13(12)2)5-10-17(24)21-19-23-22-18(25-19)15-6-8-16(20)9-7-15/h3-4,6-9,11H,5,10H2,1-2H3,(H,21,23,24). The number of benzene rings is 2. The van der Waals surface area contributed by atoms with Crippen molar-refractivity contribution in [1.29, 1.82) is 0 Å². The van der Waals surface area contributed by atoms with Gasteiger partial charge in [-0.2, -0.15) is 0 Å². The zero-order valence-electron chi connectivity index (χ0n) is 14.0. The maximum atomic E-state index is 12.1. The second-order valence-corrected chi connectivity index (χ2v) is 7.30. The molecule has 1 heterocycles. The van der Waals surface area contributed by atoms with Gasteiger partial charge in [-0.15, -0.1) is 10.2 Å². The Balaban J connectivity index is 1.58. The number of nitrogens with one attached hydrogen (secondary N) is 1. The van der Waals surface area contributed by atoms with Gasteiger partial charge in [0.2, 0.25) is 11.0 Å². The minimum Gasteiger partial charge on any atom is -0.301 e. The van der Waals surface area contributed by atoms with Gasteiger partial charge in [-0.05, 0) is 49.1 Å². The summed E-state index contributed by atoms with van der Waals surface area (Å²) < 4.78 is 0. The van der Waals surface area contributed by atoms with E-state index in [1.807, 2.05) is 12.1 Å². The summed E-state index contributed by atoms with van der Waals surface area (Å²) in [4.78, 5) is 12.1. The first-order valence-corrected chi connectivity index (χ1v) is 9.16. The molecular weight excluding hydrogens is 354 g/mol. The van der Waals surface area contributed by atoms with E-state index in [0.29, 0.717) is 23.0 Å². The van der Waals surface area contributed by atoms with Crippen molar-refractivity contribution in [2.75, 3.05) is 5.32 Å². The van der Waals surface area contributed by atoms with Gasteiger partial charge in [-0.3, -0.25) is 4.79 Å². The van der Waals surface area contributed by atoms with Crippen molar-refractivity contribution < 1.29 is 4.79 Å². The van der Waals surface area contributed by atoms with Crippen LogP contribution in [-0.2, 0) is 11.2 Å². The topological polar surface area (TPSA) is 54.9 Å². The summed E-state index contributed by atoms with van der Waals surface area (Å²) in [5.41, 5.74) is 4.60. The molecule has 3 aromatic rings. The van der Waals surface area contributed by atoms with E-state index in [9.17, 15) is 4.79 Å². The van der Waals surface area contributed by atoms with Gasteiger partial charge in [0.15, 0.2) is 0 Å². The number of amides is 1. The fraction of sp³-hybridized carbons (Fsp3) is 0.211. The number of hydrogen-bond acceptors (Lipinski definition) is 4. The van der Waals surface area contributed by atoms with Crippen molar-refractivity contribution >= 4 is 34.0 Å². The highest BCUT2D eigenvalue weighted by Gasteiger charge is 2.10. The molecule has 0 bridgehead atoms. The Morgan fingerprint density at radius 3 is 2.56 bits per heavy atom. The zero-order valence-corrected chi connectivity index (χ0v) is 15.6. The lowest BCUT2D eigenvalue weighted by atomic mass is 10.0. The predicted octanol–water partition coefficient (Wildman–Crippen LogP) is 5.05. The minimum absolute atomic E-state index is 0.0583. The van der Waals surface area contributed by atoms with Gasteiger partial charge in [-0.1, -0.05) is 53.3 Å². The summed E-state index contributed by atoms with van der Waals surface area (Å²) in [6, 6.07) is 13.7. The lowest BCUT2D eigenvalue weighted by Gasteiger charge is -2.05. The van der Waals surface area contributed by atoms with E-state index in [4.69, 9.17) is 11.6 Å². The molecule has 3 rings (SSSR count). The van der Waals surface area contributed by atoms with Crippen LogP contribution in [0.15, 0.2) is 42.5 Å². The van der Waals surface area contributed by atoms with Gasteiger partial charge in [-0.25, -0.2) is 0 Å². The predicted molar refractivity (Wildman–Crippen MR) is 103 cm³/mol. The highest BCUT2D eigenvalue weighted by molar-refractivity contribution is 7.18. The first-order chi connectivity index (χ1) is 12.0. The number of anilines is 1. The van der Waals surface area contributed by atoms with Crippen molar-refractivity contribution in [3.8, 4) is 10.6 Å². The molecule has 2 aromatic carbocycles. The molecule has 0 fully saturated rings. The van der Waals surface area contributed by atoms with Crippen LogP contribution in [0.25, 0.3) is 10.6 Å². The van der Waals surface area contributed by atoms with E-state index in [1.54, 1.807) is 12.1 Å². The van der Waals surface area contributed by atoms with Crippen molar-refractivity contribution in [3.05, 3.63) is 64.2 Å². The molecule has 0 spiro atoms. The fourth-order valence-electron chi connectivity index (χ4n) is 2.38. The molecule has 1 N–H and O–H groups in total. The lowest BCUT2D eigenvalue weighted by molar-refractivity contribution is -0.116. The largest absolute Gasteiger partial charge is 0.301 e. The average Bonchev–Trinajstić information content (AvgIpc) is 3.05. The van der Waals surface area contributed by atoms with Crippen LogP contribution < -0.4 is 5.32 Å². The molecule has 0 unspecified atom stereocenters. The molecule has 1 aromatic heterocycles. The SMILES string of the molecule is Cc1ccc(CCC(=O)Nc2nnc(-c3ccc(Cl)cc3)s2)cc1C. The van der Waals surface area contributed by atoms with Crippen LogP contribution in [0.1, 0.15) is 23.1 Å². The summed E-state index contributed by atoms with van der Waals surface area (Å²) in [5, 5.41) is 12.9. The summed E-state index contributed by atoms with van der Waals surface area (Å²) in [6.07, 6.45) is 1.12.